The SMILES string of the molecule is O=C(CCc1c[nH]c2ccccc12)NCCN1C(=O)S/C(=C/c2cccnc2)C1=O. The van der Waals surface area contributed by atoms with Crippen molar-refractivity contribution in [2.45, 2.75) is 12.8 Å². The second-order valence-electron chi connectivity index (χ2n) is 6.83. The number of aromatic nitrogens is 2. The topological polar surface area (TPSA) is 95.2 Å². The maximum Gasteiger partial charge on any atom is 0.293 e. The lowest BCUT2D eigenvalue weighted by Crippen LogP contribution is -2.37. The predicted molar refractivity (Wildman–Crippen MR) is 117 cm³/mol. The molecule has 1 aliphatic rings. The van der Waals surface area contributed by atoms with Gasteiger partial charge in [-0.1, -0.05) is 24.3 Å². The number of aromatic amines is 1. The minimum absolute atomic E-state index is 0.113. The molecule has 1 fully saturated rings. The maximum atomic E-state index is 12.5. The van der Waals surface area contributed by atoms with E-state index in [1.807, 2.05) is 36.5 Å². The quantitative estimate of drug-likeness (QED) is 0.572. The van der Waals surface area contributed by atoms with Gasteiger partial charge in [-0.2, -0.15) is 0 Å². The number of para-hydroxylation sites is 1. The van der Waals surface area contributed by atoms with E-state index < -0.39 is 0 Å². The van der Waals surface area contributed by atoms with Crippen molar-refractivity contribution in [3.63, 3.8) is 0 Å². The molecular formula is C22H20N4O3S. The molecule has 0 spiro atoms. The fourth-order valence-corrected chi connectivity index (χ4v) is 4.15. The summed E-state index contributed by atoms with van der Waals surface area (Å²) in [5.41, 5.74) is 2.90. The Kier molecular flexibility index (Phi) is 5.94. The van der Waals surface area contributed by atoms with Gasteiger partial charge in [0.15, 0.2) is 0 Å². The monoisotopic (exact) mass is 420 g/mol. The van der Waals surface area contributed by atoms with Crippen LogP contribution in [0.3, 0.4) is 0 Å². The highest BCUT2D eigenvalue weighted by atomic mass is 32.2. The summed E-state index contributed by atoms with van der Waals surface area (Å²) in [6.07, 6.45) is 7.80. The van der Waals surface area contributed by atoms with Crippen LogP contribution in [0.5, 0.6) is 0 Å². The molecule has 4 rings (SSSR count). The van der Waals surface area contributed by atoms with Gasteiger partial charge >= 0.3 is 0 Å². The van der Waals surface area contributed by atoms with Gasteiger partial charge in [-0.25, -0.2) is 0 Å². The van der Waals surface area contributed by atoms with Gasteiger partial charge in [-0.05, 0) is 47.5 Å². The van der Waals surface area contributed by atoms with Crippen LogP contribution in [0.1, 0.15) is 17.5 Å². The van der Waals surface area contributed by atoms with Crippen molar-refractivity contribution >= 4 is 45.8 Å². The first kappa shape index (κ1) is 19.9. The summed E-state index contributed by atoms with van der Waals surface area (Å²) >= 11 is 0.900. The van der Waals surface area contributed by atoms with Crippen LogP contribution in [0, 0.1) is 0 Å². The molecule has 152 valence electrons. The van der Waals surface area contributed by atoms with Gasteiger partial charge in [0.2, 0.25) is 5.91 Å². The van der Waals surface area contributed by atoms with Crippen LogP contribution < -0.4 is 5.32 Å². The van der Waals surface area contributed by atoms with Crippen molar-refractivity contribution in [2.75, 3.05) is 13.1 Å². The van der Waals surface area contributed by atoms with E-state index in [0.29, 0.717) is 17.7 Å². The third-order valence-corrected chi connectivity index (χ3v) is 5.72. The largest absolute Gasteiger partial charge is 0.361 e. The Hall–Kier alpha value is -3.39. The van der Waals surface area contributed by atoms with Crippen LogP contribution in [-0.4, -0.2) is 45.0 Å². The third kappa shape index (κ3) is 4.44. The summed E-state index contributed by atoms with van der Waals surface area (Å²) in [7, 11) is 0. The molecule has 7 nitrogen and oxygen atoms in total. The van der Waals surface area contributed by atoms with E-state index in [-0.39, 0.29) is 30.1 Å². The number of imide groups is 1. The second kappa shape index (κ2) is 8.96. The van der Waals surface area contributed by atoms with Gasteiger partial charge in [0, 0.05) is 49.0 Å². The average molecular weight is 420 g/mol. The number of nitrogens with one attached hydrogen (secondary N) is 2. The number of nitrogens with zero attached hydrogens (tertiary/aromatic N) is 2. The minimum Gasteiger partial charge on any atom is -0.361 e. The fraction of sp³-hybridized carbons (Fsp3) is 0.182. The Morgan fingerprint density at radius 3 is 2.90 bits per heavy atom. The lowest BCUT2D eigenvalue weighted by Gasteiger charge is -2.13. The molecule has 2 N–H and O–H groups in total. The van der Waals surface area contributed by atoms with Crippen LogP contribution in [0.15, 0.2) is 59.9 Å². The molecule has 1 aromatic carbocycles. The third-order valence-electron chi connectivity index (χ3n) is 4.81. The zero-order valence-electron chi connectivity index (χ0n) is 16.1. The summed E-state index contributed by atoms with van der Waals surface area (Å²) < 4.78 is 0. The van der Waals surface area contributed by atoms with Gasteiger partial charge in [-0.3, -0.25) is 24.3 Å². The average Bonchev–Trinajstić information content (AvgIpc) is 3.29. The Bertz CT molecular complexity index is 1120. The van der Waals surface area contributed by atoms with Crippen molar-refractivity contribution in [1.29, 1.82) is 0 Å². The van der Waals surface area contributed by atoms with E-state index in [1.54, 1.807) is 24.5 Å². The fourth-order valence-electron chi connectivity index (χ4n) is 3.29. The number of hydrogen-bond donors (Lipinski definition) is 2. The minimum atomic E-state index is -0.345. The van der Waals surface area contributed by atoms with Gasteiger partial charge in [0.05, 0.1) is 4.91 Å². The smallest absolute Gasteiger partial charge is 0.293 e. The summed E-state index contributed by atoms with van der Waals surface area (Å²) in [6.45, 7) is 0.374. The molecule has 8 heteroatoms. The number of thioether (sulfide) groups is 1. The van der Waals surface area contributed by atoms with E-state index in [1.165, 1.54) is 0 Å². The number of rotatable bonds is 7. The lowest BCUT2D eigenvalue weighted by atomic mass is 10.1. The van der Waals surface area contributed by atoms with Crippen LogP contribution in [0.2, 0.25) is 0 Å². The highest BCUT2D eigenvalue weighted by Crippen LogP contribution is 2.31. The second-order valence-corrected chi connectivity index (χ2v) is 7.82. The van der Waals surface area contributed by atoms with Gasteiger partial charge in [0.1, 0.15) is 0 Å². The van der Waals surface area contributed by atoms with E-state index in [2.05, 4.69) is 15.3 Å². The number of carbonyl (C=O) groups is 3. The molecular weight excluding hydrogens is 400 g/mol. The van der Waals surface area contributed by atoms with Crippen LogP contribution in [0.4, 0.5) is 4.79 Å². The van der Waals surface area contributed by atoms with Gasteiger partial charge in [-0.15, -0.1) is 0 Å². The first-order valence-electron chi connectivity index (χ1n) is 9.59. The Morgan fingerprint density at radius 2 is 2.07 bits per heavy atom. The molecule has 0 aliphatic carbocycles. The number of carbonyl (C=O) groups excluding carboxylic acids is 3. The molecule has 3 heterocycles. The lowest BCUT2D eigenvalue weighted by molar-refractivity contribution is -0.124. The molecule has 1 saturated heterocycles. The number of H-pyrrole nitrogens is 1. The highest BCUT2D eigenvalue weighted by molar-refractivity contribution is 8.18. The first-order chi connectivity index (χ1) is 14.6. The Labute approximate surface area is 177 Å². The van der Waals surface area contributed by atoms with Crippen molar-refractivity contribution < 1.29 is 14.4 Å². The number of hydrogen-bond acceptors (Lipinski definition) is 5. The molecule has 2 aromatic heterocycles. The standard InChI is InChI=1S/C22H20N4O3S/c27-20(8-7-16-14-25-18-6-2-1-5-17(16)18)24-10-11-26-21(28)19(30-22(26)29)12-15-4-3-9-23-13-15/h1-6,9,12-14,25H,7-8,10-11H2,(H,24,27)/b19-12+. The molecule has 0 radical (unpaired) electrons. The van der Waals surface area contributed by atoms with Crippen molar-refractivity contribution in [1.82, 2.24) is 20.2 Å². The van der Waals surface area contributed by atoms with E-state index >= 15 is 0 Å². The number of fused-ring (bicyclic) bond motifs is 1. The molecule has 0 saturated carbocycles. The number of benzene rings is 1. The van der Waals surface area contributed by atoms with E-state index in [0.717, 1.165) is 38.7 Å². The van der Waals surface area contributed by atoms with Crippen LogP contribution in [0.25, 0.3) is 17.0 Å². The first-order valence-corrected chi connectivity index (χ1v) is 10.4. The summed E-state index contributed by atoms with van der Waals surface area (Å²) in [4.78, 5) is 45.5. The molecule has 3 amide bonds. The summed E-state index contributed by atoms with van der Waals surface area (Å²) in [5, 5.41) is 3.58. The predicted octanol–water partition coefficient (Wildman–Crippen LogP) is 3.35. The normalized spacial score (nSPS) is 15.3. The van der Waals surface area contributed by atoms with Gasteiger partial charge < -0.3 is 10.3 Å². The molecule has 0 atom stereocenters. The molecule has 30 heavy (non-hydrogen) atoms. The summed E-state index contributed by atoms with van der Waals surface area (Å²) in [5.74, 6) is -0.458. The van der Waals surface area contributed by atoms with Crippen molar-refractivity contribution in [3.8, 4) is 0 Å². The number of amides is 3. The molecule has 1 aliphatic heterocycles. The van der Waals surface area contributed by atoms with Crippen molar-refractivity contribution in [3.05, 3.63) is 71.0 Å². The number of aryl methyl sites for hydroxylation is 1. The maximum absolute atomic E-state index is 12.5. The van der Waals surface area contributed by atoms with Crippen molar-refractivity contribution in [2.24, 2.45) is 0 Å². The zero-order chi connectivity index (χ0) is 20.9. The van der Waals surface area contributed by atoms with E-state index in [9.17, 15) is 14.4 Å². The molecule has 0 bridgehead atoms. The Morgan fingerprint density at radius 1 is 1.20 bits per heavy atom. The summed E-state index contributed by atoms with van der Waals surface area (Å²) in [6, 6.07) is 11.5. The number of pyridine rings is 1. The van der Waals surface area contributed by atoms with Crippen LogP contribution >= 0.6 is 11.8 Å². The van der Waals surface area contributed by atoms with E-state index in [4.69, 9.17) is 0 Å². The highest BCUT2D eigenvalue weighted by Gasteiger charge is 2.34. The molecule has 3 aromatic rings. The van der Waals surface area contributed by atoms with Crippen LogP contribution in [-0.2, 0) is 16.0 Å². The Balaban J connectivity index is 1.26. The van der Waals surface area contributed by atoms with Gasteiger partial charge in [0.25, 0.3) is 11.1 Å². The zero-order valence-corrected chi connectivity index (χ0v) is 16.9. The molecule has 0 unspecified atom stereocenters.